The Labute approximate surface area is 120 Å². The van der Waals surface area contributed by atoms with Crippen molar-refractivity contribution >= 4 is 11.8 Å². The van der Waals surface area contributed by atoms with E-state index in [1.807, 2.05) is 0 Å². The number of hydrogen-bond acceptors (Lipinski definition) is 7. The molecule has 2 atom stereocenters. The zero-order valence-corrected chi connectivity index (χ0v) is 11.4. The highest BCUT2D eigenvalue weighted by Gasteiger charge is 2.26. The number of ether oxygens (including phenoxy) is 1. The van der Waals surface area contributed by atoms with E-state index in [-0.39, 0.29) is 18.5 Å². The van der Waals surface area contributed by atoms with Crippen LogP contribution in [0.25, 0.3) is 0 Å². The van der Waals surface area contributed by atoms with Crippen LogP contribution in [0.1, 0.15) is 26.0 Å². The number of rotatable bonds is 4. The van der Waals surface area contributed by atoms with Crippen molar-refractivity contribution in [2.45, 2.75) is 32.1 Å². The maximum Gasteiger partial charge on any atom is 0.408 e. The predicted molar refractivity (Wildman–Crippen MR) is 71.9 cm³/mol. The van der Waals surface area contributed by atoms with Crippen molar-refractivity contribution in [2.75, 3.05) is 12.1 Å². The van der Waals surface area contributed by atoms with Gasteiger partial charge >= 0.3 is 11.7 Å². The van der Waals surface area contributed by atoms with Gasteiger partial charge in [0.05, 0.1) is 12.7 Å². The van der Waals surface area contributed by atoms with Gasteiger partial charge < -0.3 is 14.7 Å². The summed E-state index contributed by atoms with van der Waals surface area (Å²) in [4.78, 5) is 31.2. The molecule has 0 aromatic carbocycles. The Hall–Kier alpha value is -2.37. The van der Waals surface area contributed by atoms with Gasteiger partial charge in [-0.15, -0.1) is 0 Å². The van der Waals surface area contributed by atoms with Crippen molar-refractivity contribution < 1.29 is 19.5 Å². The van der Waals surface area contributed by atoms with Gasteiger partial charge in [-0.3, -0.25) is 4.57 Å². The molecule has 2 heterocycles. The van der Waals surface area contributed by atoms with Gasteiger partial charge in [0.1, 0.15) is 6.23 Å². The molecule has 8 nitrogen and oxygen atoms in total. The number of aromatic nitrogens is 2. The number of aliphatic hydroxyl groups is 1. The van der Waals surface area contributed by atoms with Crippen LogP contribution in [0.3, 0.4) is 0 Å². The highest BCUT2D eigenvalue weighted by atomic mass is 16.7. The number of nitrogens with zero attached hydrogens (tertiary/aromatic N) is 2. The summed E-state index contributed by atoms with van der Waals surface area (Å²) >= 11 is 0. The monoisotopic (exact) mass is 293 g/mol. The Morgan fingerprint density at radius 1 is 1.67 bits per heavy atom. The van der Waals surface area contributed by atoms with Gasteiger partial charge in [-0.2, -0.15) is 10.5 Å². The third kappa shape index (κ3) is 3.81. The molecule has 1 aromatic rings. The molecule has 0 aliphatic carbocycles. The molecule has 1 fully saturated rings. The predicted octanol–water partition coefficient (Wildman–Crippen LogP) is -0.193. The molecule has 0 bridgehead atoms. The summed E-state index contributed by atoms with van der Waals surface area (Å²) in [6.07, 6.45) is 2.10. The summed E-state index contributed by atoms with van der Waals surface area (Å²) in [6, 6.07) is 1.48. The summed E-state index contributed by atoms with van der Waals surface area (Å²) in [5.74, 6) is 3.88. The fourth-order valence-corrected chi connectivity index (χ4v) is 1.94. The van der Waals surface area contributed by atoms with E-state index in [2.05, 4.69) is 27.1 Å². The standard InChI is InChI=1S/C13H15N3O5/c1-2-3-12(18)21-15-10-6-7-16(13(19)14-10)11-5-4-9(8-17)20-11/h6-7,9,11,17H,4-5,8H2,1H3,(H,14,15,19)/t9-,11+/m0/s1. The first-order valence-corrected chi connectivity index (χ1v) is 6.39. The van der Waals surface area contributed by atoms with Crippen LogP contribution in [0.5, 0.6) is 0 Å². The van der Waals surface area contributed by atoms with Crippen molar-refractivity contribution in [1.82, 2.24) is 9.55 Å². The van der Waals surface area contributed by atoms with E-state index in [4.69, 9.17) is 9.84 Å². The van der Waals surface area contributed by atoms with Crippen LogP contribution in [0, 0.1) is 11.8 Å². The van der Waals surface area contributed by atoms with Crippen LogP contribution in [0.2, 0.25) is 0 Å². The van der Waals surface area contributed by atoms with E-state index >= 15 is 0 Å². The summed E-state index contributed by atoms with van der Waals surface area (Å²) in [5.41, 5.74) is 1.71. The maximum absolute atomic E-state index is 11.9. The molecular weight excluding hydrogens is 278 g/mol. The van der Waals surface area contributed by atoms with Crippen molar-refractivity contribution in [3.05, 3.63) is 22.7 Å². The normalized spacial score (nSPS) is 20.5. The average Bonchev–Trinajstić information content (AvgIpc) is 2.94. The molecule has 0 radical (unpaired) electrons. The molecule has 21 heavy (non-hydrogen) atoms. The van der Waals surface area contributed by atoms with Crippen molar-refractivity contribution in [2.24, 2.45) is 0 Å². The third-order valence-electron chi connectivity index (χ3n) is 2.90. The molecule has 0 spiro atoms. The Balaban J connectivity index is 2.02. The minimum atomic E-state index is -0.770. The molecule has 112 valence electrons. The van der Waals surface area contributed by atoms with Crippen LogP contribution >= 0.6 is 0 Å². The Morgan fingerprint density at radius 3 is 3.10 bits per heavy atom. The average molecular weight is 293 g/mol. The van der Waals surface area contributed by atoms with Gasteiger partial charge in [0, 0.05) is 18.2 Å². The summed E-state index contributed by atoms with van der Waals surface area (Å²) in [5, 5.41) is 9.01. The van der Waals surface area contributed by atoms with Crippen LogP contribution < -0.4 is 11.2 Å². The van der Waals surface area contributed by atoms with E-state index in [0.717, 1.165) is 0 Å². The van der Waals surface area contributed by atoms with E-state index in [1.165, 1.54) is 23.8 Å². The Morgan fingerprint density at radius 2 is 2.48 bits per heavy atom. The number of anilines is 1. The molecule has 1 aliphatic heterocycles. The van der Waals surface area contributed by atoms with E-state index in [0.29, 0.717) is 12.8 Å². The molecule has 0 amide bonds. The Bertz CT molecular complexity index is 631. The van der Waals surface area contributed by atoms with Crippen LogP contribution in [-0.2, 0) is 14.4 Å². The van der Waals surface area contributed by atoms with Crippen LogP contribution in [-0.4, -0.2) is 33.3 Å². The molecular formula is C13H15N3O5. The zero-order chi connectivity index (χ0) is 15.2. The topological polar surface area (TPSA) is 103 Å². The lowest BCUT2D eigenvalue weighted by Gasteiger charge is -2.14. The first kappa shape index (κ1) is 15.0. The lowest BCUT2D eigenvalue weighted by molar-refractivity contribution is -0.133. The zero-order valence-electron chi connectivity index (χ0n) is 11.4. The lowest BCUT2D eigenvalue weighted by atomic mass is 10.2. The number of carbonyl (C=O) groups is 1. The van der Waals surface area contributed by atoms with Gasteiger partial charge in [0.2, 0.25) is 0 Å². The van der Waals surface area contributed by atoms with Crippen molar-refractivity contribution in [3.8, 4) is 11.8 Å². The molecule has 1 aromatic heterocycles. The fraction of sp³-hybridized carbons (Fsp3) is 0.462. The second-order valence-electron chi connectivity index (χ2n) is 4.34. The molecule has 2 rings (SSSR count). The second-order valence-corrected chi connectivity index (χ2v) is 4.34. The molecule has 2 N–H and O–H groups in total. The van der Waals surface area contributed by atoms with Crippen LogP contribution in [0.15, 0.2) is 17.1 Å². The number of nitrogens with one attached hydrogen (secondary N) is 1. The minimum Gasteiger partial charge on any atom is -0.394 e. The quantitative estimate of drug-likeness (QED) is 0.585. The number of aliphatic hydroxyl groups excluding tert-OH is 1. The third-order valence-corrected chi connectivity index (χ3v) is 2.90. The van der Waals surface area contributed by atoms with Gasteiger partial charge in [0.15, 0.2) is 5.82 Å². The van der Waals surface area contributed by atoms with Gasteiger partial charge in [0.25, 0.3) is 0 Å². The second kappa shape index (κ2) is 6.88. The maximum atomic E-state index is 11.9. The molecule has 0 unspecified atom stereocenters. The highest BCUT2D eigenvalue weighted by molar-refractivity contribution is 5.88. The molecule has 8 heteroatoms. The largest absolute Gasteiger partial charge is 0.408 e. The highest BCUT2D eigenvalue weighted by Crippen LogP contribution is 2.26. The smallest absolute Gasteiger partial charge is 0.394 e. The first-order valence-electron chi connectivity index (χ1n) is 6.39. The number of hydrogen-bond donors (Lipinski definition) is 2. The molecule has 1 aliphatic rings. The van der Waals surface area contributed by atoms with Gasteiger partial charge in [-0.05, 0) is 19.8 Å². The van der Waals surface area contributed by atoms with Crippen molar-refractivity contribution in [1.29, 1.82) is 0 Å². The minimum absolute atomic E-state index is 0.0767. The summed E-state index contributed by atoms with van der Waals surface area (Å²) in [7, 11) is 0. The lowest BCUT2D eigenvalue weighted by Crippen LogP contribution is -2.28. The van der Waals surface area contributed by atoms with E-state index in [1.54, 1.807) is 0 Å². The van der Waals surface area contributed by atoms with Gasteiger partial charge in [-0.1, -0.05) is 5.92 Å². The first-order chi connectivity index (χ1) is 10.1. The summed E-state index contributed by atoms with van der Waals surface area (Å²) in [6.45, 7) is 1.43. The molecule has 1 saturated heterocycles. The number of carbonyl (C=O) groups excluding carboxylic acids is 1. The SMILES string of the molecule is CC#CC(=O)ONc1ccn([C@H]2CC[C@@H](CO)O2)c(=O)n1. The fourth-order valence-electron chi connectivity index (χ4n) is 1.94. The van der Waals surface area contributed by atoms with E-state index in [9.17, 15) is 9.59 Å². The van der Waals surface area contributed by atoms with Gasteiger partial charge in [-0.25, -0.2) is 9.59 Å². The summed E-state index contributed by atoms with van der Waals surface area (Å²) < 4.78 is 6.82. The van der Waals surface area contributed by atoms with Crippen LogP contribution in [0.4, 0.5) is 5.82 Å². The molecule has 0 saturated carbocycles. The van der Waals surface area contributed by atoms with Crippen molar-refractivity contribution in [3.63, 3.8) is 0 Å². The Kier molecular flexibility index (Phi) is 4.92. The van der Waals surface area contributed by atoms with E-state index < -0.39 is 17.9 Å².